The molecule has 0 saturated heterocycles. The number of rotatable bonds is 3. The van der Waals surface area contributed by atoms with Crippen LogP contribution in [0, 0.1) is 19.7 Å². The molecule has 0 bridgehead atoms. The number of hydrogen-bond donors (Lipinski definition) is 1. The van der Waals surface area contributed by atoms with Crippen LogP contribution in [0.5, 0.6) is 0 Å². The van der Waals surface area contributed by atoms with Crippen molar-refractivity contribution in [3.8, 4) is 0 Å². The molecule has 3 rings (SSSR count). The molecule has 21 heavy (non-hydrogen) atoms. The number of benzene rings is 1. The molecule has 1 unspecified atom stereocenters. The van der Waals surface area contributed by atoms with Gasteiger partial charge in [0.1, 0.15) is 18.0 Å². The van der Waals surface area contributed by atoms with Crippen LogP contribution in [-0.4, -0.2) is 9.97 Å². The van der Waals surface area contributed by atoms with E-state index in [1.165, 1.54) is 27.7 Å². The van der Waals surface area contributed by atoms with Crippen LogP contribution in [0.3, 0.4) is 0 Å². The van der Waals surface area contributed by atoms with Crippen molar-refractivity contribution < 1.29 is 4.39 Å². The number of anilines is 1. The van der Waals surface area contributed by atoms with E-state index in [1.54, 1.807) is 23.5 Å². The minimum absolute atomic E-state index is 0.0626. The van der Waals surface area contributed by atoms with Crippen LogP contribution in [0.15, 0.2) is 30.6 Å². The average Bonchev–Trinajstić information content (AvgIpc) is 2.78. The van der Waals surface area contributed by atoms with E-state index >= 15 is 0 Å². The van der Waals surface area contributed by atoms with Gasteiger partial charge in [-0.2, -0.15) is 0 Å². The molecule has 0 saturated carbocycles. The van der Waals surface area contributed by atoms with Gasteiger partial charge < -0.3 is 5.32 Å². The van der Waals surface area contributed by atoms with E-state index in [0.717, 1.165) is 0 Å². The van der Waals surface area contributed by atoms with Crippen molar-refractivity contribution >= 4 is 28.1 Å². The topological polar surface area (TPSA) is 37.8 Å². The maximum atomic E-state index is 14.1. The van der Waals surface area contributed by atoms with Crippen LogP contribution < -0.4 is 5.32 Å². The molecule has 0 amide bonds. The minimum Gasteiger partial charge on any atom is -0.363 e. The molecule has 0 aliphatic heterocycles. The van der Waals surface area contributed by atoms with Crippen molar-refractivity contribution in [2.75, 3.05) is 5.32 Å². The molecule has 2 aromatic heterocycles. The fourth-order valence-corrected chi connectivity index (χ4v) is 3.56. The highest BCUT2D eigenvalue weighted by Crippen LogP contribution is 2.30. The molecule has 5 heteroatoms. The van der Waals surface area contributed by atoms with Crippen molar-refractivity contribution in [3.63, 3.8) is 0 Å². The molecule has 0 aliphatic rings. The molecule has 2 heterocycles. The van der Waals surface area contributed by atoms with Gasteiger partial charge in [0.2, 0.25) is 0 Å². The number of aromatic nitrogens is 2. The summed E-state index contributed by atoms with van der Waals surface area (Å²) in [5.74, 6) is 0.231. The molecule has 1 atom stereocenters. The molecule has 3 aromatic rings. The van der Waals surface area contributed by atoms with Crippen LogP contribution in [-0.2, 0) is 0 Å². The summed E-state index contributed by atoms with van der Waals surface area (Å²) < 4.78 is 14.1. The van der Waals surface area contributed by atoms with Gasteiger partial charge in [-0.15, -0.1) is 11.3 Å². The molecule has 0 spiro atoms. The molecule has 1 aromatic carbocycles. The lowest BCUT2D eigenvalue weighted by Crippen LogP contribution is -2.09. The monoisotopic (exact) mass is 301 g/mol. The van der Waals surface area contributed by atoms with Crippen LogP contribution in [0.25, 0.3) is 10.9 Å². The number of aryl methyl sites for hydroxylation is 2. The van der Waals surface area contributed by atoms with Crippen LogP contribution >= 0.6 is 11.3 Å². The molecule has 108 valence electrons. The standard InChI is InChI=1S/C16H16FN3S/c1-9-7-12(11(3)21-9)10(2)20-16-15-13(17)5-4-6-14(15)18-8-19-16/h4-8,10H,1-3H3,(H,18,19,20). The molecular formula is C16H16FN3S. The third kappa shape index (κ3) is 2.61. The summed E-state index contributed by atoms with van der Waals surface area (Å²) in [5.41, 5.74) is 1.83. The van der Waals surface area contributed by atoms with Crippen molar-refractivity contribution in [1.82, 2.24) is 9.97 Å². The van der Waals surface area contributed by atoms with Crippen molar-refractivity contribution in [2.24, 2.45) is 0 Å². The summed E-state index contributed by atoms with van der Waals surface area (Å²) in [5, 5.41) is 3.75. The predicted molar refractivity (Wildman–Crippen MR) is 85.3 cm³/mol. The van der Waals surface area contributed by atoms with E-state index in [1.807, 2.05) is 0 Å². The Hall–Kier alpha value is -2.01. The van der Waals surface area contributed by atoms with Crippen LogP contribution in [0.2, 0.25) is 0 Å². The summed E-state index contributed by atoms with van der Waals surface area (Å²) >= 11 is 1.77. The zero-order chi connectivity index (χ0) is 15.0. The van der Waals surface area contributed by atoms with Crippen molar-refractivity contribution in [2.45, 2.75) is 26.8 Å². The highest BCUT2D eigenvalue weighted by molar-refractivity contribution is 7.12. The number of halogens is 1. The molecule has 3 nitrogen and oxygen atoms in total. The first-order valence-corrected chi connectivity index (χ1v) is 7.60. The van der Waals surface area contributed by atoms with Crippen molar-refractivity contribution in [3.05, 3.63) is 51.7 Å². The molecule has 0 aliphatic carbocycles. The Morgan fingerprint density at radius 2 is 2.05 bits per heavy atom. The van der Waals surface area contributed by atoms with E-state index in [0.29, 0.717) is 16.7 Å². The second-order valence-electron chi connectivity index (χ2n) is 5.09. The molecule has 1 N–H and O–H groups in total. The number of nitrogens with one attached hydrogen (secondary N) is 1. The predicted octanol–water partition coefficient (Wildman–Crippen LogP) is 4.62. The third-order valence-corrected chi connectivity index (χ3v) is 4.49. The highest BCUT2D eigenvalue weighted by Gasteiger charge is 2.15. The average molecular weight is 301 g/mol. The van der Waals surface area contributed by atoms with Gasteiger partial charge in [0.05, 0.1) is 16.9 Å². The zero-order valence-corrected chi connectivity index (χ0v) is 13.0. The molecule has 0 radical (unpaired) electrons. The van der Waals surface area contributed by atoms with Gasteiger partial charge in [-0.05, 0) is 44.5 Å². The Morgan fingerprint density at radius 3 is 2.76 bits per heavy atom. The number of thiophene rings is 1. The van der Waals surface area contributed by atoms with Crippen molar-refractivity contribution in [1.29, 1.82) is 0 Å². The Morgan fingerprint density at radius 1 is 1.24 bits per heavy atom. The van der Waals surface area contributed by atoms with Crippen LogP contribution in [0.1, 0.15) is 28.3 Å². The Balaban J connectivity index is 2.00. The summed E-state index contributed by atoms with van der Waals surface area (Å²) in [4.78, 5) is 10.9. The second kappa shape index (κ2) is 5.41. The van der Waals surface area contributed by atoms with E-state index in [4.69, 9.17) is 0 Å². The SMILES string of the molecule is Cc1cc(C(C)Nc2ncnc3cccc(F)c23)c(C)s1. The molecular weight excluding hydrogens is 285 g/mol. The van der Waals surface area contributed by atoms with E-state index in [-0.39, 0.29) is 11.9 Å². The summed E-state index contributed by atoms with van der Waals surface area (Å²) in [6.07, 6.45) is 1.46. The lowest BCUT2D eigenvalue weighted by molar-refractivity contribution is 0.639. The van der Waals surface area contributed by atoms with Gasteiger partial charge in [-0.3, -0.25) is 0 Å². The van der Waals surface area contributed by atoms with Gasteiger partial charge in [0.15, 0.2) is 0 Å². The van der Waals surface area contributed by atoms with E-state index in [2.05, 4.69) is 42.1 Å². The maximum absolute atomic E-state index is 14.1. The fraction of sp³-hybridized carbons (Fsp3) is 0.250. The van der Waals surface area contributed by atoms with Crippen LogP contribution in [0.4, 0.5) is 10.2 Å². The Kier molecular flexibility index (Phi) is 3.59. The van der Waals surface area contributed by atoms with Gasteiger partial charge >= 0.3 is 0 Å². The largest absolute Gasteiger partial charge is 0.363 e. The van der Waals surface area contributed by atoms with Gasteiger partial charge in [0.25, 0.3) is 0 Å². The van der Waals surface area contributed by atoms with E-state index in [9.17, 15) is 4.39 Å². The smallest absolute Gasteiger partial charge is 0.140 e. The van der Waals surface area contributed by atoms with Gasteiger partial charge in [-0.25, -0.2) is 14.4 Å². The summed E-state index contributed by atoms with van der Waals surface area (Å²) in [7, 11) is 0. The number of fused-ring (bicyclic) bond motifs is 1. The first-order chi connectivity index (χ1) is 10.1. The first kappa shape index (κ1) is 13.9. The maximum Gasteiger partial charge on any atom is 0.140 e. The first-order valence-electron chi connectivity index (χ1n) is 6.79. The molecule has 0 fully saturated rings. The minimum atomic E-state index is -0.305. The second-order valence-corrected chi connectivity index (χ2v) is 6.55. The number of hydrogen-bond acceptors (Lipinski definition) is 4. The Bertz CT molecular complexity index is 792. The van der Waals surface area contributed by atoms with E-state index < -0.39 is 0 Å². The third-order valence-electron chi connectivity index (χ3n) is 3.51. The van der Waals surface area contributed by atoms with Gasteiger partial charge in [0, 0.05) is 9.75 Å². The zero-order valence-electron chi connectivity index (χ0n) is 12.1. The Labute approximate surface area is 126 Å². The van der Waals surface area contributed by atoms with Gasteiger partial charge in [-0.1, -0.05) is 6.07 Å². The quantitative estimate of drug-likeness (QED) is 0.767. The summed E-state index contributed by atoms with van der Waals surface area (Å²) in [6, 6.07) is 7.10. The highest BCUT2D eigenvalue weighted by atomic mass is 32.1. The normalized spacial score (nSPS) is 12.6. The lowest BCUT2D eigenvalue weighted by Gasteiger charge is -2.16. The lowest BCUT2D eigenvalue weighted by atomic mass is 10.1. The number of nitrogens with zero attached hydrogens (tertiary/aromatic N) is 2. The fourth-order valence-electron chi connectivity index (χ4n) is 2.54. The summed E-state index contributed by atoms with van der Waals surface area (Å²) in [6.45, 7) is 6.25.